The normalized spacial score (nSPS) is 22.0. The van der Waals surface area contributed by atoms with Crippen LogP contribution >= 0.6 is 0 Å². The molecule has 0 saturated carbocycles. The zero-order valence-corrected chi connectivity index (χ0v) is 9.26. The molecular weight excluding hydrogens is 202 g/mol. The van der Waals surface area contributed by atoms with E-state index in [0.29, 0.717) is 6.61 Å². The molecule has 0 fully saturated rings. The highest BCUT2D eigenvalue weighted by Crippen LogP contribution is 2.30. The lowest BCUT2D eigenvalue weighted by Crippen LogP contribution is -2.33. The topological polar surface area (TPSA) is 53.1 Å². The van der Waals surface area contributed by atoms with Gasteiger partial charge in [0.15, 0.2) is 0 Å². The summed E-state index contributed by atoms with van der Waals surface area (Å²) in [7, 11) is 0. The minimum Gasteiger partial charge on any atom is -0.368 e. The Balaban J connectivity index is 2.24. The number of fused-ring (bicyclic) bond motifs is 3. The average molecular weight is 217 g/mol. The van der Waals surface area contributed by atoms with Gasteiger partial charge >= 0.3 is 0 Å². The number of rotatable bonds is 1. The van der Waals surface area contributed by atoms with Crippen molar-refractivity contribution in [1.82, 2.24) is 9.78 Å². The fraction of sp³-hybridized carbons (Fsp3) is 0.417. The molecule has 1 aliphatic rings. The molecular formula is C12H15N3O. The molecule has 16 heavy (non-hydrogen) atoms. The summed E-state index contributed by atoms with van der Waals surface area (Å²) >= 11 is 0. The summed E-state index contributed by atoms with van der Waals surface area (Å²) in [5.41, 5.74) is 8.11. The third kappa shape index (κ3) is 1.34. The predicted molar refractivity (Wildman–Crippen MR) is 62.1 cm³/mol. The van der Waals surface area contributed by atoms with Gasteiger partial charge in [-0.05, 0) is 13.0 Å². The van der Waals surface area contributed by atoms with Crippen LogP contribution in [0.15, 0.2) is 24.3 Å². The van der Waals surface area contributed by atoms with Crippen LogP contribution in [0.25, 0.3) is 10.9 Å². The molecule has 3 rings (SSSR count). The standard InChI is InChI=1S/C12H15N3O/c1-8(13)12-11-9-4-2-3-5-10(9)14-15(11)6-7-16-12/h2-5,8,12H,6-7,13H2,1H3/t8-,12+/m0/s1. The van der Waals surface area contributed by atoms with Gasteiger partial charge in [-0.3, -0.25) is 4.68 Å². The van der Waals surface area contributed by atoms with Crippen molar-refractivity contribution in [2.24, 2.45) is 5.73 Å². The van der Waals surface area contributed by atoms with E-state index >= 15 is 0 Å². The molecule has 0 unspecified atom stereocenters. The molecule has 84 valence electrons. The maximum atomic E-state index is 5.97. The molecule has 0 bridgehead atoms. The Kier molecular flexibility index (Phi) is 2.19. The first-order valence-corrected chi connectivity index (χ1v) is 5.60. The Labute approximate surface area is 94.0 Å². The van der Waals surface area contributed by atoms with Gasteiger partial charge in [-0.25, -0.2) is 0 Å². The van der Waals surface area contributed by atoms with E-state index in [9.17, 15) is 0 Å². The maximum Gasteiger partial charge on any atom is 0.115 e. The highest BCUT2D eigenvalue weighted by atomic mass is 16.5. The maximum absolute atomic E-state index is 5.97. The average Bonchev–Trinajstić information content (AvgIpc) is 2.66. The van der Waals surface area contributed by atoms with Crippen LogP contribution in [-0.4, -0.2) is 22.4 Å². The second-order valence-electron chi connectivity index (χ2n) is 4.28. The number of hydrogen-bond donors (Lipinski definition) is 1. The van der Waals surface area contributed by atoms with Crippen molar-refractivity contribution >= 4 is 10.9 Å². The van der Waals surface area contributed by atoms with Crippen molar-refractivity contribution in [3.05, 3.63) is 30.0 Å². The molecule has 4 heteroatoms. The third-order valence-corrected chi connectivity index (χ3v) is 3.03. The van der Waals surface area contributed by atoms with Crippen molar-refractivity contribution in [2.45, 2.75) is 25.6 Å². The van der Waals surface area contributed by atoms with Crippen LogP contribution in [0.4, 0.5) is 0 Å². The van der Waals surface area contributed by atoms with E-state index in [-0.39, 0.29) is 12.1 Å². The van der Waals surface area contributed by atoms with Crippen LogP contribution in [0.1, 0.15) is 18.7 Å². The molecule has 2 atom stereocenters. The van der Waals surface area contributed by atoms with Gasteiger partial charge in [0.25, 0.3) is 0 Å². The molecule has 4 nitrogen and oxygen atoms in total. The number of aromatic nitrogens is 2. The molecule has 1 aromatic heterocycles. The Bertz CT molecular complexity index is 518. The summed E-state index contributed by atoms with van der Waals surface area (Å²) < 4.78 is 7.78. The van der Waals surface area contributed by atoms with E-state index in [1.165, 1.54) is 0 Å². The van der Waals surface area contributed by atoms with Crippen molar-refractivity contribution in [3.8, 4) is 0 Å². The zero-order valence-electron chi connectivity index (χ0n) is 9.26. The van der Waals surface area contributed by atoms with Gasteiger partial charge in [-0.1, -0.05) is 18.2 Å². The zero-order chi connectivity index (χ0) is 11.1. The second kappa shape index (κ2) is 3.57. The smallest absolute Gasteiger partial charge is 0.115 e. The van der Waals surface area contributed by atoms with Gasteiger partial charge in [-0.2, -0.15) is 5.10 Å². The first-order valence-electron chi connectivity index (χ1n) is 5.60. The summed E-state index contributed by atoms with van der Waals surface area (Å²) in [6.45, 7) is 3.47. The van der Waals surface area contributed by atoms with E-state index in [0.717, 1.165) is 23.1 Å². The number of hydrogen-bond acceptors (Lipinski definition) is 3. The van der Waals surface area contributed by atoms with E-state index in [1.807, 2.05) is 29.8 Å². The second-order valence-corrected chi connectivity index (χ2v) is 4.28. The Morgan fingerprint density at radius 3 is 3.12 bits per heavy atom. The van der Waals surface area contributed by atoms with Gasteiger partial charge in [-0.15, -0.1) is 0 Å². The lowest BCUT2D eigenvalue weighted by molar-refractivity contribution is 0.00537. The predicted octanol–water partition coefficient (Wildman–Crippen LogP) is 1.45. The highest BCUT2D eigenvalue weighted by molar-refractivity contribution is 5.82. The fourth-order valence-electron chi connectivity index (χ4n) is 2.32. The Morgan fingerprint density at radius 2 is 2.31 bits per heavy atom. The highest BCUT2D eigenvalue weighted by Gasteiger charge is 2.27. The first-order chi connectivity index (χ1) is 7.77. The molecule has 0 saturated heterocycles. The Hall–Kier alpha value is -1.39. The summed E-state index contributed by atoms with van der Waals surface area (Å²) in [4.78, 5) is 0. The quantitative estimate of drug-likeness (QED) is 0.786. The molecule has 0 spiro atoms. The van der Waals surface area contributed by atoms with Gasteiger partial charge in [0.2, 0.25) is 0 Å². The summed E-state index contributed by atoms with van der Waals surface area (Å²) in [6, 6.07) is 8.12. The number of benzene rings is 1. The molecule has 0 amide bonds. The summed E-state index contributed by atoms with van der Waals surface area (Å²) in [5.74, 6) is 0. The number of nitrogens with zero attached hydrogens (tertiary/aromatic N) is 2. The van der Waals surface area contributed by atoms with Crippen LogP contribution in [0.3, 0.4) is 0 Å². The van der Waals surface area contributed by atoms with Gasteiger partial charge in [0, 0.05) is 11.4 Å². The van der Waals surface area contributed by atoms with Crippen LogP contribution in [0.2, 0.25) is 0 Å². The lowest BCUT2D eigenvalue weighted by atomic mass is 10.1. The summed E-state index contributed by atoms with van der Waals surface area (Å²) in [5, 5.41) is 5.72. The largest absolute Gasteiger partial charge is 0.368 e. The molecule has 2 aromatic rings. The lowest BCUT2D eigenvalue weighted by Gasteiger charge is -2.27. The third-order valence-electron chi connectivity index (χ3n) is 3.03. The van der Waals surface area contributed by atoms with Crippen molar-refractivity contribution in [2.75, 3.05) is 6.61 Å². The van der Waals surface area contributed by atoms with Crippen LogP contribution in [0, 0.1) is 0 Å². The molecule has 2 heterocycles. The van der Waals surface area contributed by atoms with E-state index in [2.05, 4.69) is 11.2 Å². The summed E-state index contributed by atoms with van der Waals surface area (Å²) in [6.07, 6.45) is -0.0406. The fourth-order valence-corrected chi connectivity index (χ4v) is 2.32. The van der Waals surface area contributed by atoms with Crippen LogP contribution in [-0.2, 0) is 11.3 Å². The first kappa shape index (κ1) is 9.81. The molecule has 1 aliphatic heterocycles. The van der Waals surface area contributed by atoms with Crippen LogP contribution < -0.4 is 5.73 Å². The molecule has 1 aromatic carbocycles. The molecule has 0 radical (unpaired) electrons. The Morgan fingerprint density at radius 1 is 1.50 bits per heavy atom. The molecule has 2 N–H and O–H groups in total. The number of nitrogens with two attached hydrogens (primary N) is 1. The number of ether oxygens (including phenoxy) is 1. The van der Waals surface area contributed by atoms with Crippen molar-refractivity contribution in [1.29, 1.82) is 0 Å². The van der Waals surface area contributed by atoms with Gasteiger partial charge < -0.3 is 10.5 Å². The molecule has 0 aliphatic carbocycles. The minimum atomic E-state index is -0.0406. The monoisotopic (exact) mass is 217 g/mol. The van der Waals surface area contributed by atoms with Crippen molar-refractivity contribution < 1.29 is 4.74 Å². The van der Waals surface area contributed by atoms with E-state index in [4.69, 9.17) is 10.5 Å². The minimum absolute atomic E-state index is 0.0147. The van der Waals surface area contributed by atoms with Gasteiger partial charge in [0.1, 0.15) is 6.10 Å². The van der Waals surface area contributed by atoms with Crippen molar-refractivity contribution in [3.63, 3.8) is 0 Å². The van der Waals surface area contributed by atoms with E-state index in [1.54, 1.807) is 0 Å². The van der Waals surface area contributed by atoms with Crippen LogP contribution in [0.5, 0.6) is 0 Å². The van der Waals surface area contributed by atoms with E-state index < -0.39 is 0 Å². The SMILES string of the molecule is C[C@H](N)[C@H]1OCCn2nc3ccccc3c21. The van der Waals surface area contributed by atoms with Gasteiger partial charge in [0.05, 0.1) is 24.4 Å².